The maximum atomic E-state index is 13.1. The van der Waals surface area contributed by atoms with Gasteiger partial charge in [-0.15, -0.1) is 11.8 Å². The Morgan fingerprint density at radius 1 is 1.37 bits per heavy atom. The lowest BCUT2D eigenvalue weighted by atomic mass is 10.1. The van der Waals surface area contributed by atoms with Gasteiger partial charge in [-0.05, 0) is 42.7 Å². The Bertz CT molecular complexity index is 848. The zero-order chi connectivity index (χ0) is 19.9. The van der Waals surface area contributed by atoms with Crippen LogP contribution in [0.4, 0.5) is 0 Å². The second-order valence-electron chi connectivity index (χ2n) is 5.96. The number of ether oxygens (including phenoxy) is 1. The summed E-state index contributed by atoms with van der Waals surface area (Å²) < 4.78 is 19.0. The maximum Gasteiger partial charge on any atom is 0.202 e. The lowest BCUT2D eigenvalue weighted by Gasteiger charge is -2.35. The number of imidazole rings is 1. The molecular weight excluding hydrogens is 382 g/mol. The number of aromatic nitrogens is 2. The Balaban J connectivity index is 0.000000817. The van der Waals surface area contributed by atoms with E-state index in [0.29, 0.717) is 10.9 Å². The molecule has 0 aliphatic carbocycles. The number of nitrogens with zero attached hydrogens (tertiary/aromatic N) is 2. The molecule has 27 heavy (non-hydrogen) atoms. The summed E-state index contributed by atoms with van der Waals surface area (Å²) in [6.45, 7) is 3.90. The molecule has 3 rings (SSSR count). The van der Waals surface area contributed by atoms with Crippen LogP contribution < -0.4 is 5.32 Å². The van der Waals surface area contributed by atoms with E-state index >= 15 is 0 Å². The fraction of sp³-hybridized carbons (Fsp3) is 0.421. The van der Waals surface area contributed by atoms with Gasteiger partial charge in [-0.1, -0.05) is 25.1 Å². The molecule has 2 N–H and O–H groups in total. The van der Waals surface area contributed by atoms with Crippen molar-refractivity contribution >= 4 is 33.6 Å². The van der Waals surface area contributed by atoms with Gasteiger partial charge < -0.3 is 15.2 Å². The van der Waals surface area contributed by atoms with Crippen LogP contribution in [0.5, 0.6) is 0 Å². The van der Waals surface area contributed by atoms with E-state index in [-0.39, 0.29) is 6.73 Å². The van der Waals surface area contributed by atoms with E-state index in [1.54, 1.807) is 30.5 Å². The van der Waals surface area contributed by atoms with Crippen LogP contribution >= 0.6 is 11.8 Å². The second-order valence-corrected chi connectivity index (χ2v) is 8.87. The van der Waals surface area contributed by atoms with Crippen molar-refractivity contribution in [3.63, 3.8) is 0 Å². The Hall–Kier alpha value is -1.61. The number of fused-ring (bicyclic) bond motifs is 1. The highest BCUT2D eigenvalue weighted by Crippen LogP contribution is 2.34. The van der Waals surface area contributed by atoms with Crippen LogP contribution in [0.3, 0.4) is 0 Å². The van der Waals surface area contributed by atoms with Crippen molar-refractivity contribution in [2.45, 2.75) is 30.6 Å². The van der Waals surface area contributed by atoms with Gasteiger partial charge in [-0.25, -0.2) is 4.98 Å². The number of aliphatic hydroxyl groups excluding tert-OH is 1. The molecule has 2 unspecified atom stereocenters. The Morgan fingerprint density at radius 2 is 2.07 bits per heavy atom. The van der Waals surface area contributed by atoms with Crippen molar-refractivity contribution in [3.05, 3.63) is 48.2 Å². The zero-order valence-corrected chi connectivity index (χ0v) is 17.8. The van der Waals surface area contributed by atoms with E-state index < -0.39 is 15.7 Å². The number of benzene rings is 1. The van der Waals surface area contributed by atoms with Crippen LogP contribution in [-0.2, 0) is 22.3 Å². The largest absolute Gasteiger partial charge is 0.388 e. The smallest absolute Gasteiger partial charge is 0.202 e. The SMILES string of the molecule is CCSC1(CS(=O)c2nc3ccccc3n2CO)NC=CC=C1C.COC. The number of para-hydroxylation sites is 2. The van der Waals surface area contributed by atoms with Crippen LogP contribution in [-0.4, -0.2) is 49.5 Å². The summed E-state index contributed by atoms with van der Waals surface area (Å²) in [5, 5.41) is 13.5. The summed E-state index contributed by atoms with van der Waals surface area (Å²) in [6, 6.07) is 7.52. The molecule has 1 aromatic heterocycles. The average Bonchev–Trinajstić information content (AvgIpc) is 3.04. The fourth-order valence-corrected chi connectivity index (χ4v) is 5.84. The van der Waals surface area contributed by atoms with Crippen molar-refractivity contribution < 1.29 is 14.1 Å². The van der Waals surface area contributed by atoms with Crippen LogP contribution in [0.15, 0.2) is 53.3 Å². The molecule has 0 fully saturated rings. The third-order valence-corrected chi connectivity index (χ3v) is 7.05. The average molecular weight is 410 g/mol. The molecule has 0 saturated carbocycles. The molecule has 2 atom stereocenters. The topological polar surface area (TPSA) is 76.4 Å². The summed E-state index contributed by atoms with van der Waals surface area (Å²) in [4.78, 5) is 4.08. The zero-order valence-electron chi connectivity index (χ0n) is 16.1. The monoisotopic (exact) mass is 409 g/mol. The highest BCUT2D eigenvalue weighted by Gasteiger charge is 2.36. The second kappa shape index (κ2) is 10.1. The van der Waals surface area contributed by atoms with E-state index in [0.717, 1.165) is 22.4 Å². The van der Waals surface area contributed by atoms with E-state index in [4.69, 9.17) is 0 Å². The van der Waals surface area contributed by atoms with Crippen molar-refractivity contribution in [2.75, 3.05) is 25.7 Å². The number of nitrogens with one attached hydrogen (secondary N) is 1. The molecule has 1 aliphatic rings. The summed E-state index contributed by atoms with van der Waals surface area (Å²) >= 11 is 1.73. The molecule has 1 aromatic carbocycles. The summed E-state index contributed by atoms with van der Waals surface area (Å²) in [6.07, 6.45) is 5.89. The number of allylic oxidation sites excluding steroid dienone is 2. The van der Waals surface area contributed by atoms with Gasteiger partial charge in [0, 0.05) is 14.2 Å². The first-order valence-corrected chi connectivity index (χ1v) is 10.9. The Morgan fingerprint density at radius 3 is 2.70 bits per heavy atom. The van der Waals surface area contributed by atoms with Gasteiger partial charge in [0.2, 0.25) is 5.16 Å². The number of dihydropyridines is 1. The molecule has 148 valence electrons. The van der Waals surface area contributed by atoms with E-state index in [1.807, 2.05) is 49.5 Å². The predicted octanol–water partition coefficient (Wildman–Crippen LogP) is 2.87. The summed E-state index contributed by atoms with van der Waals surface area (Å²) in [5.74, 6) is 1.29. The molecular formula is C19H27N3O3S2. The number of aliphatic hydroxyl groups is 1. The Labute approximate surface area is 167 Å². The predicted molar refractivity (Wildman–Crippen MR) is 113 cm³/mol. The molecule has 0 radical (unpaired) electrons. The fourth-order valence-electron chi connectivity index (χ4n) is 2.84. The van der Waals surface area contributed by atoms with Crippen LogP contribution in [0, 0.1) is 0 Å². The molecule has 0 saturated heterocycles. The number of rotatable bonds is 6. The van der Waals surface area contributed by atoms with Crippen molar-refractivity contribution in [3.8, 4) is 0 Å². The molecule has 1 aliphatic heterocycles. The van der Waals surface area contributed by atoms with Gasteiger partial charge >= 0.3 is 0 Å². The molecule has 0 bridgehead atoms. The van der Waals surface area contributed by atoms with Gasteiger partial charge in [0.05, 0.1) is 27.6 Å². The minimum absolute atomic E-state index is 0.238. The third-order valence-electron chi connectivity index (χ3n) is 4.09. The quantitative estimate of drug-likeness (QED) is 0.764. The number of hydrogen-bond donors (Lipinski definition) is 2. The van der Waals surface area contributed by atoms with E-state index in [1.165, 1.54) is 0 Å². The van der Waals surface area contributed by atoms with Gasteiger partial charge in [-0.2, -0.15) is 0 Å². The van der Waals surface area contributed by atoms with Crippen molar-refractivity contribution in [1.29, 1.82) is 0 Å². The third kappa shape index (κ3) is 4.82. The van der Waals surface area contributed by atoms with Crippen molar-refractivity contribution in [2.24, 2.45) is 0 Å². The van der Waals surface area contributed by atoms with Crippen LogP contribution in [0.2, 0.25) is 0 Å². The summed E-state index contributed by atoms with van der Waals surface area (Å²) in [5.41, 5.74) is 2.68. The van der Waals surface area contributed by atoms with Gasteiger partial charge in [0.25, 0.3) is 0 Å². The first-order chi connectivity index (χ1) is 13.0. The lowest BCUT2D eigenvalue weighted by molar-refractivity contribution is 0.204. The standard InChI is InChI=1S/C17H21N3O2S2.C2H6O/c1-3-23-17(13(2)7-6-10-18-17)11-24(22)16-19-14-8-4-5-9-15(14)20(16)12-21;1-3-2/h4-10,18,21H,3,11-12H2,1-2H3;1-2H3. The summed E-state index contributed by atoms with van der Waals surface area (Å²) in [7, 11) is 1.90. The van der Waals surface area contributed by atoms with E-state index in [2.05, 4.69) is 22.0 Å². The minimum Gasteiger partial charge on any atom is -0.388 e. The first kappa shape index (κ1) is 21.7. The normalized spacial score (nSPS) is 19.8. The van der Waals surface area contributed by atoms with Gasteiger partial charge in [0.15, 0.2) is 0 Å². The molecule has 8 heteroatoms. The molecule has 6 nitrogen and oxygen atoms in total. The highest BCUT2D eigenvalue weighted by molar-refractivity contribution is 8.01. The maximum absolute atomic E-state index is 13.1. The molecule has 2 aromatic rings. The number of thioether (sulfide) groups is 1. The van der Waals surface area contributed by atoms with Gasteiger partial charge in [-0.3, -0.25) is 8.78 Å². The molecule has 2 heterocycles. The van der Waals surface area contributed by atoms with E-state index in [9.17, 15) is 9.32 Å². The number of hydrogen-bond acceptors (Lipinski definition) is 6. The lowest BCUT2D eigenvalue weighted by Crippen LogP contribution is -2.46. The van der Waals surface area contributed by atoms with Crippen molar-refractivity contribution in [1.82, 2.24) is 14.9 Å². The van der Waals surface area contributed by atoms with Gasteiger partial charge in [0.1, 0.15) is 11.6 Å². The molecule has 0 spiro atoms. The van der Waals surface area contributed by atoms with Crippen LogP contribution in [0.25, 0.3) is 11.0 Å². The Kier molecular flexibility index (Phi) is 8.09. The number of methoxy groups -OCH3 is 1. The minimum atomic E-state index is -1.35. The first-order valence-electron chi connectivity index (χ1n) is 8.63. The highest BCUT2D eigenvalue weighted by atomic mass is 32.2. The van der Waals surface area contributed by atoms with Crippen LogP contribution in [0.1, 0.15) is 13.8 Å². The molecule has 0 amide bonds.